The van der Waals surface area contributed by atoms with Gasteiger partial charge < -0.3 is 19.9 Å². The van der Waals surface area contributed by atoms with Gasteiger partial charge in [-0.1, -0.05) is 18.2 Å². The number of rotatable bonds is 2. The lowest BCUT2D eigenvalue weighted by molar-refractivity contribution is -0.121. The number of carbonyl (C=O) groups is 1. The highest BCUT2D eigenvalue weighted by molar-refractivity contribution is 5.98. The normalized spacial score (nSPS) is 19.1. The maximum atomic E-state index is 13.5. The van der Waals surface area contributed by atoms with Crippen LogP contribution in [0, 0.1) is 0 Å². The highest BCUT2D eigenvalue weighted by Crippen LogP contribution is 2.52. The Bertz CT molecular complexity index is 1800. The SMILES string of the molecule is CN1Cc2ccc(Nc3ncc4c(=O)n5n(c4n3)-c3ccc4c(c3)N(CCC=CC5)C(=O)CO4)cc2C2(CC2)C1. The molecule has 5 heterocycles. The molecule has 1 aliphatic carbocycles. The molecular weight excluding hydrogens is 506 g/mol. The lowest BCUT2D eigenvalue weighted by atomic mass is 9.87. The summed E-state index contributed by atoms with van der Waals surface area (Å²) in [6.45, 7) is 3.00. The van der Waals surface area contributed by atoms with E-state index in [1.165, 1.54) is 24.0 Å². The lowest BCUT2D eigenvalue weighted by Crippen LogP contribution is -2.39. The number of hydrogen-bond donors (Lipinski definition) is 1. The maximum absolute atomic E-state index is 13.5. The monoisotopic (exact) mass is 535 g/mol. The summed E-state index contributed by atoms with van der Waals surface area (Å²) < 4.78 is 9.18. The Morgan fingerprint density at radius 3 is 2.85 bits per heavy atom. The molecular formula is C30H29N7O3. The predicted octanol–water partition coefficient (Wildman–Crippen LogP) is 3.49. The van der Waals surface area contributed by atoms with Crippen LogP contribution in [0.15, 0.2) is 59.5 Å². The highest BCUT2D eigenvalue weighted by Gasteiger charge is 2.48. The topological polar surface area (TPSA) is 97.5 Å². The number of hydrogen-bond acceptors (Lipinski definition) is 7. The van der Waals surface area contributed by atoms with Gasteiger partial charge in [0.2, 0.25) is 5.95 Å². The number of nitrogens with one attached hydrogen (secondary N) is 1. The predicted molar refractivity (Wildman–Crippen MR) is 152 cm³/mol. The summed E-state index contributed by atoms with van der Waals surface area (Å²) in [5.74, 6) is 1.00. The molecule has 1 saturated carbocycles. The standard InChI is InChI=1S/C30H29N7O3/c1-34-16-19-5-6-20(13-23(19)30(18-34)9-10-30)32-29-31-15-22-27(33-29)37-21-7-8-25-24(14-21)35(26(38)17-40-25)11-3-2-4-12-36(37)28(22)39/h2,4-8,13-15H,3,9-12,16-18H2,1H3,(H,31,32,33). The first-order valence-corrected chi connectivity index (χ1v) is 13.8. The molecule has 202 valence electrons. The lowest BCUT2D eigenvalue weighted by Gasteiger charge is -2.32. The average molecular weight is 536 g/mol. The van der Waals surface area contributed by atoms with E-state index >= 15 is 0 Å². The molecule has 4 aliphatic rings. The van der Waals surface area contributed by atoms with Crippen LogP contribution in [0.4, 0.5) is 17.3 Å². The molecule has 40 heavy (non-hydrogen) atoms. The molecule has 0 unspecified atom stereocenters. The van der Waals surface area contributed by atoms with Crippen molar-refractivity contribution < 1.29 is 9.53 Å². The smallest absolute Gasteiger partial charge is 0.278 e. The molecule has 3 aliphatic heterocycles. The average Bonchev–Trinajstić information content (AvgIpc) is 3.66. The van der Waals surface area contributed by atoms with Gasteiger partial charge in [-0.15, -0.1) is 0 Å². The molecule has 0 atom stereocenters. The Balaban J connectivity index is 1.24. The Hall–Kier alpha value is -4.44. The second-order valence-electron chi connectivity index (χ2n) is 11.3. The molecule has 0 saturated heterocycles. The second kappa shape index (κ2) is 8.53. The van der Waals surface area contributed by atoms with Gasteiger partial charge in [-0.05, 0) is 67.8 Å². The Morgan fingerprint density at radius 1 is 1.07 bits per heavy atom. The minimum absolute atomic E-state index is 0.0238. The summed E-state index contributed by atoms with van der Waals surface area (Å²) in [7, 11) is 2.19. The number of likely N-dealkylation sites (N-methyl/N-ethyl adjacent to an activating group) is 1. The van der Waals surface area contributed by atoms with E-state index in [2.05, 4.69) is 40.4 Å². The van der Waals surface area contributed by atoms with E-state index < -0.39 is 0 Å². The number of allylic oxidation sites excluding steroid dienone is 1. The maximum Gasteiger partial charge on any atom is 0.278 e. The Kier molecular flexibility index (Phi) is 5.00. The van der Waals surface area contributed by atoms with Gasteiger partial charge in [0.05, 0.1) is 17.9 Å². The third-order valence-corrected chi connectivity index (χ3v) is 8.57. The van der Waals surface area contributed by atoms with Crippen LogP contribution in [0.2, 0.25) is 0 Å². The largest absolute Gasteiger partial charge is 0.482 e. The number of aromatic nitrogens is 4. The van der Waals surface area contributed by atoms with Gasteiger partial charge in [-0.3, -0.25) is 9.59 Å². The summed E-state index contributed by atoms with van der Waals surface area (Å²) in [5.41, 5.74) is 5.78. The first kappa shape index (κ1) is 23.4. The summed E-state index contributed by atoms with van der Waals surface area (Å²) in [6.07, 6.45) is 8.68. The molecule has 2 aromatic carbocycles. The molecule has 10 heteroatoms. The highest BCUT2D eigenvalue weighted by atomic mass is 16.5. The number of carbonyl (C=O) groups excluding carboxylic acids is 1. The fourth-order valence-corrected chi connectivity index (χ4v) is 6.52. The quantitative estimate of drug-likeness (QED) is 0.393. The molecule has 4 aromatic rings. The Labute approximate surface area is 230 Å². The molecule has 2 aromatic heterocycles. The van der Waals surface area contributed by atoms with Crippen LogP contribution in [0.5, 0.6) is 5.75 Å². The van der Waals surface area contributed by atoms with Crippen molar-refractivity contribution in [1.29, 1.82) is 0 Å². The van der Waals surface area contributed by atoms with Crippen LogP contribution in [-0.2, 0) is 23.3 Å². The van der Waals surface area contributed by atoms with Gasteiger partial charge in [-0.2, -0.15) is 4.98 Å². The molecule has 8 rings (SSSR count). The first-order chi connectivity index (χ1) is 19.5. The number of benzene rings is 2. The third-order valence-electron chi connectivity index (χ3n) is 8.57. The second-order valence-corrected chi connectivity index (χ2v) is 11.3. The van der Waals surface area contributed by atoms with Crippen LogP contribution < -0.4 is 20.5 Å². The zero-order valence-corrected chi connectivity index (χ0v) is 22.3. The van der Waals surface area contributed by atoms with Crippen LogP contribution in [0.3, 0.4) is 0 Å². The minimum atomic E-state index is -0.166. The number of amides is 1. The van der Waals surface area contributed by atoms with Gasteiger partial charge >= 0.3 is 0 Å². The number of anilines is 3. The van der Waals surface area contributed by atoms with Crippen LogP contribution >= 0.6 is 0 Å². The fraction of sp³-hybridized carbons (Fsp3) is 0.333. The van der Waals surface area contributed by atoms with Crippen molar-refractivity contribution in [2.24, 2.45) is 0 Å². The van der Waals surface area contributed by atoms with Gasteiger partial charge in [0.25, 0.3) is 11.5 Å². The van der Waals surface area contributed by atoms with Crippen molar-refractivity contribution in [1.82, 2.24) is 24.2 Å². The van der Waals surface area contributed by atoms with Crippen molar-refractivity contribution in [3.05, 3.63) is 76.2 Å². The zero-order valence-electron chi connectivity index (χ0n) is 22.3. The first-order valence-electron chi connectivity index (χ1n) is 13.8. The van der Waals surface area contributed by atoms with E-state index in [1.54, 1.807) is 15.8 Å². The van der Waals surface area contributed by atoms with Gasteiger partial charge in [0, 0.05) is 36.9 Å². The zero-order chi connectivity index (χ0) is 27.0. The van der Waals surface area contributed by atoms with E-state index in [-0.39, 0.29) is 23.5 Å². The van der Waals surface area contributed by atoms with Gasteiger partial charge in [0.1, 0.15) is 11.1 Å². The van der Waals surface area contributed by atoms with Crippen molar-refractivity contribution in [2.45, 2.75) is 37.8 Å². The molecule has 10 nitrogen and oxygen atoms in total. The summed E-state index contributed by atoms with van der Waals surface area (Å²) in [6, 6.07) is 12.2. The van der Waals surface area contributed by atoms with E-state index in [0.717, 1.165) is 24.5 Å². The van der Waals surface area contributed by atoms with Crippen LogP contribution in [0.1, 0.15) is 30.4 Å². The van der Waals surface area contributed by atoms with Crippen molar-refractivity contribution >= 4 is 34.3 Å². The third kappa shape index (κ3) is 3.59. The number of fused-ring (bicyclic) bond motifs is 7. The van der Waals surface area contributed by atoms with E-state index in [1.807, 2.05) is 35.0 Å². The molecule has 1 spiro atoms. The van der Waals surface area contributed by atoms with E-state index in [4.69, 9.17) is 9.72 Å². The Morgan fingerprint density at radius 2 is 1.98 bits per heavy atom. The van der Waals surface area contributed by atoms with Gasteiger partial charge in [-0.25, -0.2) is 14.3 Å². The summed E-state index contributed by atoms with van der Waals surface area (Å²) in [4.78, 5) is 39.7. The fourth-order valence-electron chi connectivity index (χ4n) is 6.52. The van der Waals surface area contributed by atoms with Crippen LogP contribution in [-0.4, -0.2) is 56.9 Å². The van der Waals surface area contributed by atoms with Crippen molar-refractivity contribution in [3.63, 3.8) is 0 Å². The number of nitrogens with zero attached hydrogens (tertiary/aromatic N) is 6. The summed E-state index contributed by atoms with van der Waals surface area (Å²) in [5, 5.41) is 3.83. The molecule has 1 N–H and O–H groups in total. The van der Waals surface area contributed by atoms with E-state index in [9.17, 15) is 9.59 Å². The molecule has 2 bridgehead atoms. The number of ether oxygens (including phenoxy) is 1. The van der Waals surface area contributed by atoms with E-state index in [0.29, 0.717) is 47.9 Å². The molecule has 0 radical (unpaired) electrons. The molecule has 1 fully saturated rings. The van der Waals surface area contributed by atoms with Crippen molar-refractivity contribution in [3.8, 4) is 11.4 Å². The van der Waals surface area contributed by atoms with Crippen molar-refractivity contribution in [2.75, 3.05) is 37.0 Å². The van der Waals surface area contributed by atoms with Crippen LogP contribution in [0.25, 0.3) is 16.7 Å². The molecule has 1 amide bonds. The van der Waals surface area contributed by atoms with Gasteiger partial charge in [0.15, 0.2) is 12.3 Å². The summed E-state index contributed by atoms with van der Waals surface area (Å²) >= 11 is 0. The minimum Gasteiger partial charge on any atom is -0.482 e.